The molecule has 2 aliphatic rings. The van der Waals surface area contributed by atoms with Crippen LogP contribution in [0.25, 0.3) is 0 Å². The van der Waals surface area contributed by atoms with Crippen molar-refractivity contribution in [2.24, 2.45) is 21.8 Å². The van der Waals surface area contributed by atoms with E-state index < -0.39 is 0 Å². The number of pyridine rings is 1. The lowest BCUT2D eigenvalue weighted by molar-refractivity contribution is 0.240. The summed E-state index contributed by atoms with van der Waals surface area (Å²) in [6, 6.07) is 6.44. The van der Waals surface area contributed by atoms with E-state index in [2.05, 4.69) is 27.7 Å². The highest BCUT2D eigenvalue weighted by molar-refractivity contribution is 5.96. The van der Waals surface area contributed by atoms with Crippen LogP contribution in [0.2, 0.25) is 0 Å². The topological polar surface area (TPSA) is 56.1 Å². The predicted molar refractivity (Wildman–Crippen MR) is 95.7 cm³/mol. The van der Waals surface area contributed by atoms with Crippen LogP contribution in [-0.4, -0.2) is 42.1 Å². The van der Waals surface area contributed by atoms with Crippen LogP contribution in [-0.2, 0) is 9.47 Å². The average molecular weight is 329 g/mol. The number of hydrogen-bond donors (Lipinski definition) is 0. The van der Waals surface area contributed by atoms with E-state index in [4.69, 9.17) is 24.4 Å². The summed E-state index contributed by atoms with van der Waals surface area (Å²) in [4.78, 5) is 14.2. The van der Waals surface area contributed by atoms with Gasteiger partial charge in [0.05, 0.1) is 25.3 Å². The molecule has 0 N–H and O–H groups in total. The minimum absolute atomic E-state index is 0.299. The van der Waals surface area contributed by atoms with Crippen molar-refractivity contribution in [1.29, 1.82) is 0 Å². The molecular formula is C19H27N3O2. The number of hydrogen-bond acceptors (Lipinski definition) is 5. The van der Waals surface area contributed by atoms with Crippen molar-refractivity contribution in [2.75, 3.05) is 13.2 Å². The van der Waals surface area contributed by atoms with E-state index in [0.717, 1.165) is 24.2 Å². The smallest absolute Gasteiger partial charge is 0.235 e. The second-order valence-corrected chi connectivity index (χ2v) is 7.17. The van der Waals surface area contributed by atoms with Gasteiger partial charge in [0, 0.05) is 12.8 Å². The molecule has 2 atom stereocenters. The fraction of sp³-hybridized carbons (Fsp3) is 0.632. The largest absolute Gasteiger partial charge is 0.476 e. The number of rotatable bonds is 4. The Bertz CT molecular complexity index is 586. The molecule has 130 valence electrons. The third kappa shape index (κ3) is 3.77. The Kier molecular flexibility index (Phi) is 5.17. The van der Waals surface area contributed by atoms with Gasteiger partial charge in [-0.2, -0.15) is 0 Å². The van der Waals surface area contributed by atoms with Gasteiger partial charge in [-0.05, 0) is 24.0 Å². The van der Waals surface area contributed by atoms with Crippen LogP contribution in [0, 0.1) is 11.8 Å². The Labute approximate surface area is 144 Å². The summed E-state index contributed by atoms with van der Waals surface area (Å²) in [6.07, 6.45) is 1.93. The Morgan fingerprint density at radius 1 is 0.833 bits per heavy atom. The van der Waals surface area contributed by atoms with Gasteiger partial charge in [-0.1, -0.05) is 33.8 Å². The molecule has 24 heavy (non-hydrogen) atoms. The molecule has 0 spiro atoms. The molecule has 0 amide bonds. The standard InChI is InChI=1S/C19H27N3O2/c1-12(2)14-8-10-23-18(21-14)16-6-5-7-17(20-16)19-22-15(13(3)4)9-11-24-19/h5-7,12-15H,8-11H2,1-4H3/t14-,15-/m1/s1. The monoisotopic (exact) mass is 329 g/mol. The zero-order valence-electron chi connectivity index (χ0n) is 15.0. The van der Waals surface area contributed by atoms with Crippen LogP contribution in [0.4, 0.5) is 0 Å². The summed E-state index contributed by atoms with van der Waals surface area (Å²) in [5, 5.41) is 0. The van der Waals surface area contributed by atoms with E-state index in [1.165, 1.54) is 0 Å². The second kappa shape index (κ2) is 7.32. The lowest BCUT2D eigenvalue weighted by Crippen LogP contribution is -2.28. The maximum Gasteiger partial charge on any atom is 0.235 e. The molecule has 3 heterocycles. The van der Waals surface area contributed by atoms with Crippen molar-refractivity contribution < 1.29 is 9.47 Å². The fourth-order valence-corrected chi connectivity index (χ4v) is 2.98. The molecule has 3 rings (SSSR count). The van der Waals surface area contributed by atoms with Gasteiger partial charge in [0.15, 0.2) is 0 Å². The van der Waals surface area contributed by atoms with Gasteiger partial charge in [0.25, 0.3) is 0 Å². The van der Waals surface area contributed by atoms with Crippen molar-refractivity contribution >= 4 is 11.8 Å². The van der Waals surface area contributed by atoms with E-state index >= 15 is 0 Å². The molecule has 0 bridgehead atoms. The lowest BCUT2D eigenvalue weighted by atomic mass is 10.0. The highest BCUT2D eigenvalue weighted by Crippen LogP contribution is 2.20. The van der Waals surface area contributed by atoms with Crippen LogP contribution in [0.3, 0.4) is 0 Å². The average Bonchev–Trinajstić information content (AvgIpc) is 2.62. The quantitative estimate of drug-likeness (QED) is 0.850. The van der Waals surface area contributed by atoms with Crippen LogP contribution >= 0.6 is 0 Å². The molecule has 5 nitrogen and oxygen atoms in total. The SMILES string of the molecule is CC(C)[C@H]1CCOC(c2cccc(C3=N[C@@H](C(C)C)CCO3)n2)=N1. The molecule has 0 saturated heterocycles. The first-order chi connectivity index (χ1) is 11.5. The number of aromatic nitrogens is 1. The first kappa shape index (κ1) is 16.9. The van der Waals surface area contributed by atoms with Gasteiger partial charge in [0.1, 0.15) is 11.4 Å². The van der Waals surface area contributed by atoms with Crippen molar-refractivity contribution in [3.63, 3.8) is 0 Å². The fourth-order valence-electron chi connectivity index (χ4n) is 2.98. The van der Waals surface area contributed by atoms with Crippen LogP contribution in [0.1, 0.15) is 51.9 Å². The molecule has 0 unspecified atom stereocenters. The minimum atomic E-state index is 0.299. The maximum atomic E-state index is 5.75. The number of aliphatic imine (C=N–C) groups is 2. The zero-order valence-corrected chi connectivity index (χ0v) is 15.0. The molecule has 0 radical (unpaired) electrons. The minimum Gasteiger partial charge on any atom is -0.476 e. The Balaban J connectivity index is 1.87. The molecule has 1 aromatic heterocycles. The molecule has 0 aromatic carbocycles. The molecule has 0 fully saturated rings. The lowest BCUT2D eigenvalue weighted by Gasteiger charge is -2.25. The third-order valence-corrected chi connectivity index (χ3v) is 4.60. The summed E-state index contributed by atoms with van der Waals surface area (Å²) < 4.78 is 11.5. The first-order valence-corrected chi connectivity index (χ1v) is 8.93. The Morgan fingerprint density at radius 2 is 1.29 bits per heavy atom. The summed E-state index contributed by atoms with van der Waals surface area (Å²) in [5.41, 5.74) is 1.52. The summed E-state index contributed by atoms with van der Waals surface area (Å²) in [7, 11) is 0. The van der Waals surface area contributed by atoms with Crippen molar-refractivity contribution in [3.05, 3.63) is 29.6 Å². The van der Waals surface area contributed by atoms with E-state index in [9.17, 15) is 0 Å². The van der Waals surface area contributed by atoms with Gasteiger partial charge in [-0.25, -0.2) is 15.0 Å². The number of nitrogens with zero attached hydrogens (tertiary/aromatic N) is 3. The summed E-state index contributed by atoms with van der Waals surface area (Å²) >= 11 is 0. The molecule has 0 saturated carbocycles. The molecular weight excluding hydrogens is 302 g/mol. The van der Waals surface area contributed by atoms with Gasteiger partial charge in [-0.3, -0.25) is 0 Å². The second-order valence-electron chi connectivity index (χ2n) is 7.17. The number of ether oxygens (including phenoxy) is 2. The summed E-state index contributed by atoms with van der Waals surface area (Å²) in [5.74, 6) is 2.28. The molecule has 5 heteroatoms. The molecule has 1 aromatic rings. The highest BCUT2D eigenvalue weighted by Gasteiger charge is 2.23. The van der Waals surface area contributed by atoms with Gasteiger partial charge >= 0.3 is 0 Å². The van der Waals surface area contributed by atoms with Crippen molar-refractivity contribution in [2.45, 2.75) is 52.6 Å². The normalized spacial score (nSPS) is 24.2. The van der Waals surface area contributed by atoms with E-state index in [-0.39, 0.29) is 0 Å². The molecule has 0 aliphatic carbocycles. The van der Waals surface area contributed by atoms with Crippen molar-refractivity contribution in [3.8, 4) is 0 Å². The van der Waals surface area contributed by atoms with Crippen LogP contribution in [0.5, 0.6) is 0 Å². The Morgan fingerprint density at radius 3 is 1.71 bits per heavy atom. The van der Waals surface area contributed by atoms with E-state index in [1.54, 1.807) is 0 Å². The Hall–Kier alpha value is -1.91. The predicted octanol–water partition coefficient (Wildman–Crippen LogP) is 3.46. The summed E-state index contributed by atoms with van der Waals surface area (Å²) in [6.45, 7) is 10.2. The van der Waals surface area contributed by atoms with Gasteiger partial charge < -0.3 is 9.47 Å². The maximum absolute atomic E-state index is 5.75. The van der Waals surface area contributed by atoms with Gasteiger partial charge in [0.2, 0.25) is 11.8 Å². The van der Waals surface area contributed by atoms with E-state index in [1.807, 2.05) is 18.2 Å². The first-order valence-electron chi connectivity index (χ1n) is 8.93. The van der Waals surface area contributed by atoms with E-state index in [0.29, 0.717) is 48.9 Å². The van der Waals surface area contributed by atoms with Crippen molar-refractivity contribution in [1.82, 2.24) is 4.98 Å². The van der Waals surface area contributed by atoms with Crippen LogP contribution in [0.15, 0.2) is 28.2 Å². The highest BCUT2D eigenvalue weighted by atomic mass is 16.5. The zero-order chi connectivity index (χ0) is 17.1. The van der Waals surface area contributed by atoms with Crippen LogP contribution < -0.4 is 0 Å². The third-order valence-electron chi connectivity index (χ3n) is 4.60. The van der Waals surface area contributed by atoms with Gasteiger partial charge in [-0.15, -0.1) is 0 Å². The molecule has 2 aliphatic heterocycles.